The first kappa shape index (κ1) is 18.8. The Morgan fingerprint density at radius 2 is 2.11 bits per heavy atom. The van der Waals surface area contributed by atoms with Crippen molar-refractivity contribution in [3.05, 3.63) is 24.8 Å². The Labute approximate surface area is 162 Å². The molecule has 2 aliphatic rings. The van der Waals surface area contributed by atoms with Gasteiger partial charge in [-0.15, -0.1) is 6.42 Å². The van der Waals surface area contributed by atoms with Crippen molar-refractivity contribution in [3.63, 3.8) is 0 Å². The number of rotatable bonds is 4. The Morgan fingerprint density at radius 1 is 1.25 bits per heavy atom. The number of ether oxygens (including phenoxy) is 2. The molecule has 0 radical (unpaired) electrons. The minimum Gasteiger partial charge on any atom is -0.386 e. The third kappa shape index (κ3) is 3.36. The first-order valence-corrected chi connectivity index (χ1v) is 9.25. The van der Waals surface area contributed by atoms with E-state index >= 15 is 0 Å². The third-order valence-corrected chi connectivity index (χ3v) is 5.22. The normalized spacial score (nSPS) is 32.9. The first-order valence-electron chi connectivity index (χ1n) is 9.25. The van der Waals surface area contributed by atoms with E-state index in [-0.39, 0.29) is 12.1 Å². The number of imidazole rings is 1. The molecule has 0 spiro atoms. The van der Waals surface area contributed by atoms with Crippen LogP contribution in [0.25, 0.3) is 11.2 Å². The molecular formula is C19H23N5O4. The molecule has 1 saturated heterocycles. The van der Waals surface area contributed by atoms with E-state index in [0.717, 1.165) is 19.3 Å². The van der Waals surface area contributed by atoms with E-state index in [1.807, 2.05) is 0 Å². The fraction of sp³-hybridized carbons (Fsp3) is 0.526. The molecule has 148 valence electrons. The van der Waals surface area contributed by atoms with E-state index in [9.17, 15) is 10.2 Å². The van der Waals surface area contributed by atoms with E-state index in [4.69, 9.17) is 15.9 Å². The maximum absolute atomic E-state index is 10.3. The summed E-state index contributed by atoms with van der Waals surface area (Å²) in [6.45, 7) is 0. The molecule has 0 aromatic carbocycles. The SMILES string of the molecule is C#C[C@H]1O[C@@H](n2cnc3c(N[C@@H]4C=C[C@H](OC)CCC4)ncnc32)[C@H](O)[C@@H]1O. The van der Waals surface area contributed by atoms with Crippen molar-refractivity contribution >= 4 is 17.0 Å². The summed E-state index contributed by atoms with van der Waals surface area (Å²) in [6.07, 6.45) is 11.4. The minimum absolute atomic E-state index is 0.101. The number of aliphatic hydroxyl groups is 2. The van der Waals surface area contributed by atoms with E-state index < -0.39 is 24.5 Å². The number of hydrogen-bond donors (Lipinski definition) is 3. The molecule has 6 atom stereocenters. The average Bonchev–Trinajstić information content (AvgIpc) is 3.16. The number of aliphatic hydroxyl groups excluding tert-OH is 2. The van der Waals surface area contributed by atoms with Gasteiger partial charge in [0.1, 0.15) is 24.6 Å². The Morgan fingerprint density at radius 3 is 2.86 bits per heavy atom. The second-order valence-electron chi connectivity index (χ2n) is 6.98. The molecule has 9 heteroatoms. The summed E-state index contributed by atoms with van der Waals surface area (Å²) in [5.74, 6) is 2.93. The number of nitrogens with one attached hydrogen (secondary N) is 1. The van der Waals surface area contributed by atoms with Gasteiger partial charge < -0.3 is 25.0 Å². The monoisotopic (exact) mass is 385 g/mol. The van der Waals surface area contributed by atoms with Gasteiger partial charge in [-0.3, -0.25) is 4.57 Å². The van der Waals surface area contributed by atoms with E-state index in [0.29, 0.717) is 17.0 Å². The molecule has 3 N–H and O–H groups in total. The summed E-state index contributed by atoms with van der Waals surface area (Å²) in [6, 6.07) is 0.101. The van der Waals surface area contributed by atoms with Gasteiger partial charge in [-0.1, -0.05) is 18.1 Å². The predicted octanol–water partition coefficient (Wildman–Crippen LogP) is 0.614. The molecule has 28 heavy (non-hydrogen) atoms. The zero-order valence-electron chi connectivity index (χ0n) is 15.5. The Bertz CT molecular complexity index is 907. The predicted molar refractivity (Wildman–Crippen MR) is 101 cm³/mol. The number of terminal acetylenes is 1. The summed E-state index contributed by atoms with van der Waals surface area (Å²) >= 11 is 0. The fourth-order valence-corrected chi connectivity index (χ4v) is 3.65. The van der Waals surface area contributed by atoms with Crippen LogP contribution >= 0.6 is 0 Å². The molecule has 1 aliphatic carbocycles. The van der Waals surface area contributed by atoms with Crippen LogP contribution in [0.1, 0.15) is 25.5 Å². The summed E-state index contributed by atoms with van der Waals surface area (Å²) in [5, 5.41) is 23.7. The smallest absolute Gasteiger partial charge is 0.167 e. The molecular weight excluding hydrogens is 362 g/mol. The molecule has 0 amide bonds. The van der Waals surface area contributed by atoms with E-state index in [1.54, 1.807) is 11.7 Å². The van der Waals surface area contributed by atoms with Gasteiger partial charge in [-0.2, -0.15) is 0 Å². The highest BCUT2D eigenvalue weighted by Crippen LogP contribution is 2.32. The summed E-state index contributed by atoms with van der Waals surface area (Å²) in [4.78, 5) is 13.0. The van der Waals surface area contributed by atoms with Gasteiger partial charge in [0.25, 0.3) is 0 Å². The maximum Gasteiger partial charge on any atom is 0.167 e. The van der Waals surface area contributed by atoms with Crippen LogP contribution in [0.15, 0.2) is 24.8 Å². The lowest BCUT2D eigenvalue weighted by Crippen LogP contribution is -2.30. The lowest BCUT2D eigenvalue weighted by molar-refractivity contribution is -0.0230. The van der Waals surface area contributed by atoms with E-state index in [1.165, 1.54) is 12.7 Å². The average molecular weight is 385 g/mol. The lowest BCUT2D eigenvalue weighted by atomic mass is 10.1. The van der Waals surface area contributed by atoms with Gasteiger partial charge in [-0.25, -0.2) is 15.0 Å². The zero-order valence-corrected chi connectivity index (χ0v) is 15.5. The van der Waals surface area contributed by atoms with Gasteiger partial charge in [0, 0.05) is 13.2 Å². The Hall–Kier alpha value is -2.51. The van der Waals surface area contributed by atoms with Crippen LogP contribution in [0.4, 0.5) is 5.82 Å². The fourth-order valence-electron chi connectivity index (χ4n) is 3.65. The maximum atomic E-state index is 10.3. The van der Waals surface area contributed by atoms with E-state index in [2.05, 4.69) is 38.3 Å². The molecule has 4 rings (SSSR count). The number of aromatic nitrogens is 4. The number of fused-ring (bicyclic) bond motifs is 1. The van der Waals surface area contributed by atoms with Crippen molar-refractivity contribution in [1.29, 1.82) is 0 Å². The molecule has 1 fully saturated rings. The largest absolute Gasteiger partial charge is 0.386 e. The van der Waals surface area contributed by atoms with Gasteiger partial charge >= 0.3 is 0 Å². The van der Waals surface area contributed by atoms with Crippen LogP contribution < -0.4 is 5.32 Å². The third-order valence-electron chi connectivity index (χ3n) is 5.22. The van der Waals surface area contributed by atoms with Crippen molar-refractivity contribution in [2.24, 2.45) is 0 Å². The van der Waals surface area contributed by atoms with Gasteiger partial charge in [0.05, 0.1) is 12.4 Å². The van der Waals surface area contributed by atoms with Crippen LogP contribution in [0, 0.1) is 12.3 Å². The van der Waals surface area contributed by atoms with Gasteiger partial charge in [-0.05, 0) is 19.3 Å². The highest BCUT2D eigenvalue weighted by atomic mass is 16.6. The molecule has 0 saturated carbocycles. The number of hydrogen-bond acceptors (Lipinski definition) is 8. The number of anilines is 1. The summed E-state index contributed by atoms with van der Waals surface area (Å²) in [7, 11) is 1.71. The zero-order chi connectivity index (χ0) is 19.7. The number of nitrogens with zero attached hydrogens (tertiary/aromatic N) is 4. The molecule has 1 aliphatic heterocycles. The molecule has 9 nitrogen and oxygen atoms in total. The minimum atomic E-state index is -1.18. The van der Waals surface area contributed by atoms with Crippen molar-refractivity contribution in [2.45, 2.75) is 55.9 Å². The second-order valence-corrected chi connectivity index (χ2v) is 6.98. The second kappa shape index (κ2) is 7.85. The number of methoxy groups -OCH3 is 1. The van der Waals surface area contributed by atoms with Crippen LogP contribution in [0.2, 0.25) is 0 Å². The quantitative estimate of drug-likeness (QED) is 0.518. The molecule has 3 heterocycles. The first-order chi connectivity index (χ1) is 13.6. The highest BCUT2D eigenvalue weighted by molar-refractivity contribution is 5.83. The summed E-state index contributed by atoms with van der Waals surface area (Å²) < 4.78 is 12.6. The Balaban J connectivity index is 1.60. The standard InChI is InChI=1S/C19H23N5O4/c1-3-13-15(25)16(26)19(28-13)24-10-22-14-17(20-9-21-18(14)24)23-11-5-4-6-12(27-2)8-7-11/h1,7-13,15-16,19,25-26H,4-6H2,2H3,(H,20,21,23)/t11-,12+,13+,15+,16+,19+/m0/s1. The van der Waals surface area contributed by atoms with Gasteiger partial charge in [0.2, 0.25) is 0 Å². The topological polar surface area (TPSA) is 115 Å². The van der Waals surface area contributed by atoms with Crippen LogP contribution in [0.5, 0.6) is 0 Å². The van der Waals surface area contributed by atoms with Crippen LogP contribution in [-0.2, 0) is 9.47 Å². The molecule has 0 unspecified atom stereocenters. The highest BCUT2D eigenvalue weighted by Gasteiger charge is 2.43. The molecule has 2 aromatic rings. The molecule has 2 aromatic heterocycles. The lowest BCUT2D eigenvalue weighted by Gasteiger charge is -2.17. The van der Waals surface area contributed by atoms with Crippen LogP contribution in [-0.4, -0.2) is 67.3 Å². The van der Waals surface area contributed by atoms with Crippen LogP contribution in [0.3, 0.4) is 0 Å². The van der Waals surface area contributed by atoms with Crippen molar-refractivity contribution in [1.82, 2.24) is 19.5 Å². The summed E-state index contributed by atoms with van der Waals surface area (Å²) in [5.41, 5.74) is 1.04. The van der Waals surface area contributed by atoms with Crippen molar-refractivity contribution in [3.8, 4) is 12.3 Å². The van der Waals surface area contributed by atoms with Crippen molar-refractivity contribution < 1.29 is 19.7 Å². The molecule has 0 bridgehead atoms. The van der Waals surface area contributed by atoms with Gasteiger partial charge in [0.15, 0.2) is 23.2 Å². The van der Waals surface area contributed by atoms with Crippen molar-refractivity contribution in [2.75, 3.05) is 12.4 Å². The Kier molecular flexibility index (Phi) is 5.28.